The van der Waals surface area contributed by atoms with Crippen LogP contribution in [0.4, 0.5) is 0 Å². The normalized spacial score (nSPS) is 9.33. The third-order valence-electron chi connectivity index (χ3n) is 3.00. The molecule has 0 aliphatic rings. The van der Waals surface area contributed by atoms with Gasteiger partial charge in [-0.2, -0.15) is 22.8 Å². The van der Waals surface area contributed by atoms with E-state index >= 15 is 0 Å². The summed E-state index contributed by atoms with van der Waals surface area (Å²) < 4.78 is 1.16. The van der Waals surface area contributed by atoms with Crippen molar-refractivity contribution < 1.29 is 17.1 Å². The molecule has 0 amide bonds. The second-order valence-electron chi connectivity index (χ2n) is 4.03. The first-order valence-electron chi connectivity index (χ1n) is 6.36. The number of aryl methyl sites for hydroxylation is 2. The monoisotopic (exact) mass is 348 g/mol. The number of hydrogen-bond donors (Lipinski definition) is 0. The van der Waals surface area contributed by atoms with Crippen molar-refractivity contribution in [1.82, 2.24) is 0 Å². The molecule has 0 radical (unpaired) electrons. The third kappa shape index (κ3) is 5.14. The quantitative estimate of drug-likeness (QED) is 0.524. The van der Waals surface area contributed by atoms with Gasteiger partial charge in [0.1, 0.15) is 0 Å². The Morgan fingerprint density at radius 1 is 1.11 bits per heavy atom. The van der Waals surface area contributed by atoms with Gasteiger partial charge in [-0.25, -0.2) is 6.07 Å². The molecule has 0 fully saturated rings. The summed E-state index contributed by atoms with van der Waals surface area (Å²) in [5.74, 6) is 0. The van der Waals surface area contributed by atoms with Gasteiger partial charge in [-0.15, -0.1) is 0 Å². The molecule has 2 aromatic carbocycles. The van der Waals surface area contributed by atoms with Gasteiger partial charge in [-0.05, 0) is 0 Å². The Hall–Kier alpha value is -0.301. The first-order chi connectivity index (χ1) is 8.22. The van der Waals surface area contributed by atoms with E-state index in [0.29, 0.717) is 0 Å². The van der Waals surface area contributed by atoms with Crippen molar-refractivity contribution in [1.29, 1.82) is 0 Å². The zero-order valence-electron chi connectivity index (χ0n) is 11.3. The minimum Gasteiger partial charge on any atom is -0.747 e. The van der Waals surface area contributed by atoms with Crippen molar-refractivity contribution in [3.05, 3.63) is 57.6 Å². The van der Waals surface area contributed by atoms with Gasteiger partial charge in [0.25, 0.3) is 0 Å². The summed E-state index contributed by atoms with van der Waals surface area (Å²) in [6.45, 7) is 6.70. The van der Waals surface area contributed by atoms with E-state index in [4.69, 9.17) is 0 Å². The Balaban J connectivity index is 0.000000352. The van der Waals surface area contributed by atoms with Crippen LogP contribution in [0.15, 0.2) is 40.9 Å². The predicted octanol–water partition coefficient (Wildman–Crippen LogP) is 5.26. The Bertz CT molecular complexity index is 391. The summed E-state index contributed by atoms with van der Waals surface area (Å²) in [6, 6.07) is 12.5. The van der Waals surface area contributed by atoms with Crippen LogP contribution < -0.4 is 0 Å². The van der Waals surface area contributed by atoms with Crippen molar-refractivity contribution in [2.24, 2.45) is 0 Å². The maximum Gasteiger partial charge on any atom is 0 e. The Morgan fingerprint density at radius 2 is 1.72 bits per heavy atom. The Morgan fingerprint density at radius 3 is 2.06 bits per heavy atom. The average Bonchev–Trinajstić information content (AvgIpc) is 2.97. The van der Waals surface area contributed by atoms with Crippen molar-refractivity contribution in [3.8, 4) is 0 Å². The molecule has 106 valence electrons. The SMILES string of the molecule is Br[c-]1[cH-][cH-][cH-][cH-]1.CCc1cc[c-](CC)c1CC.[Fe]. The summed E-state index contributed by atoms with van der Waals surface area (Å²) in [7, 11) is 0. The van der Waals surface area contributed by atoms with Gasteiger partial charge >= 0.3 is 0 Å². The van der Waals surface area contributed by atoms with Gasteiger partial charge in [0.05, 0.1) is 0 Å². The molecule has 0 N–H and O–H groups in total. The minimum atomic E-state index is 0. The van der Waals surface area contributed by atoms with E-state index < -0.39 is 0 Å². The molecule has 0 aliphatic heterocycles. The molecule has 0 heterocycles. The van der Waals surface area contributed by atoms with Gasteiger partial charge in [0.15, 0.2) is 0 Å². The largest absolute Gasteiger partial charge is 0.747 e. The van der Waals surface area contributed by atoms with E-state index in [-0.39, 0.29) is 17.1 Å². The maximum absolute atomic E-state index is 3.28. The molecule has 0 bridgehead atoms. The van der Waals surface area contributed by atoms with Crippen LogP contribution >= 0.6 is 15.9 Å². The molecule has 0 atom stereocenters. The average molecular weight is 349 g/mol. The molecular weight excluding hydrogens is 328 g/mol. The number of halogens is 1. The van der Waals surface area contributed by atoms with E-state index in [1.165, 1.54) is 19.3 Å². The van der Waals surface area contributed by atoms with E-state index in [0.717, 1.165) is 4.47 Å². The predicted molar refractivity (Wildman–Crippen MR) is 79.9 cm³/mol. The third-order valence-corrected chi connectivity index (χ3v) is 3.53. The van der Waals surface area contributed by atoms with Crippen LogP contribution in [-0.4, -0.2) is 0 Å². The van der Waals surface area contributed by atoms with E-state index in [2.05, 4.69) is 48.8 Å². The number of hydrogen-bond acceptors (Lipinski definition) is 0. The van der Waals surface area contributed by atoms with E-state index in [1.54, 1.807) is 16.7 Å². The van der Waals surface area contributed by atoms with Crippen molar-refractivity contribution >= 4 is 15.9 Å². The molecule has 2 rings (SSSR count). The van der Waals surface area contributed by atoms with Crippen LogP contribution in [-0.2, 0) is 36.3 Å². The molecule has 0 saturated carbocycles. The first kappa shape index (κ1) is 17.7. The molecule has 0 unspecified atom stereocenters. The van der Waals surface area contributed by atoms with Gasteiger partial charge in [-0.1, -0.05) is 40.0 Å². The fraction of sp³-hybridized carbons (Fsp3) is 0.375. The van der Waals surface area contributed by atoms with Crippen molar-refractivity contribution in [2.75, 3.05) is 0 Å². The summed E-state index contributed by atoms with van der Waals surface area (Å²) in [6.07, 6.45) is 3.56. The maximum atomic E-state index is 3.28. The van der Waals surface area contributed by atoms with Crippen LogP contribution in [0.3, 0.4) is 0 Å². The van der Waals surface area contributed by atoms with E-state index in [1.807, 2.05) is 24.3 Å². The molecule has 2 aromatic rings. The number of rotatable bonds is 3. The summed E-state index contributed by atoms with van der Waals surface area (Å²) in [5.41, 5.74) is 4.68. The molecule has 2 heteroatoms. The zero-order chi connectivity index (χ0) is 12.7. The topological polar surface area (TPSA) is 0 Å². The molecule has 18 heavy (non-hydrogen) atoms. The Kier molecular flexibility index (Phi) is 9.45. The van der Waals surface area contributed by atoms with Crippen molar-refractivity contribution in [2.45, 2.75) is 40.0 Å². The minimum absolute atomic E-state index is 0. The molecule has 0 aromatic heterocycles. The van der Waals surface area contributed by atoms with Gasteiger partial charge in [0, 0.05) is 17.1 Å². The van der Waals surface area contributed by atoms with Crippen LogP contribution in [0.1, 0.15) is 37.5 Å². The van der Waals surface area contributed by atoms with E-state index in [9.17, 15) is 0 Å². The van der Waals surface area contributed by atoms with Crippen LogP contribution in [0.2, 0.25) is 0 Å². The van der Waals surface area contributed by atoms with Gasteiger partial charge in [0.2, 0.25) is 0 Å². The second-order valence-corrected chi connectivity index (χ2v) is 4.94. The van der Waals surface area contributed by atoms with Gasteiger partial charge < -0.3 is 44.7 Å². The fourth-order valence-corrected chi connectivity index (χ4v) is 2.38. The second kappa shape index (κ2) is 9.61. The molecule has 0 aliphatic carbocycles. The summed E-state index contributed by atoms with van der Waals surface area (Å²) in [4.78, 5) is 0. The molecular formula is C16H21BrFe-6. The Labute approximate surface area is 130 Å². The molecule has 0 nitrogen and oxygen atoms in total. The van der Waals surface area contributed by atoms with Crippen molar-refractivity contribution in [3.63, 3.8) is 0 Å². The summed E-state index contributed by atoms with van der Waals surface area (Å²) in [5, 5.41) is 0. The summed E-state index contributed by atoms with van der Waals surface area (Å²) >= 11 is 3.28. The van der Waals surface area contributed by atoms with Crippen LogP contribution in [0.25, 0.3) is 0 Å². The standard InChI is InChI=1S/C11H17.C5H4Br.Fe/c1-4-9-7-8-10(5-2)11(9)6-3;6-5-3-1-2-4-5;/h7-8H,4-6H2,1-3H3;1-4H;/q-1;-5;. The van der Waals surface area contributed by atoms with Gasteiger partial charge in [-0.3, -0.25) is 0 Å². The molecule has 0 saturated heterocycles. The zero-order valence-corrected chi connectivity index (χ0v) is 14.0. The molecule has 0 spiro atoms. The smallest absolute Gasteiger partial charge is 0 e. The first-order valence-corrected chi connectivity index (χ1v) is 7.15. The fourth-order valence-electron chi connectivity index (χ4n) is 2.08. The van der Waals surface area contributed by atoms with Crippen LogP contribution in [0.5, 0.6) is 0 Å². The van der Waals surface area contributed by atoms with Crippen LogP contribution in [0, 0.1) is 0 Å².